The molecule has 0 aliphatic heterocycles. The van der Waals surface area contributed by atoms with Crippen LogP contribution in [-0.4, -0.2) is 8.07 Å². The fourth-order valence-electron chi connectivity index (χ4n) is 8.20. The van der Waals surface area contributed by atoms with Crippen molar-refractivity contribution in [2.75, 3.05) is 0 Å². The Morgan fingerprint density at radius 3 is 1.76 bits per heavy atom. The fourth-order valence-corrected chi connectivity index (χ4v) is 15.3. The van der Waals surface area contributed by atoms with Gasteiger partial charge in [0.1, 0.15) is 0 Å². The van der Waals surface area contributed by atoms with E-state index in [0.29, 0.717) is 17.0 Å². The minimum absolute atomic E-state index is 0.157. The lowest BCUT2D eigenvalue weighted by atomic mass is 9.86. The zero-order chi connectivity index (χ0) is 32.6. The molecule has 0 nitrogen and oxygen atoms in total. The largest absolute Gasteiger partial charge is 0.144 e. The van der Waals surface area contributed by atoms with Crippen molar-refractivity contribution < 1.29 is 0 Å². The third kappa shape index (κ3) is 5.46. The fraction of sp³-hybridized carbons (Fsp3) is 0.395. The summed E-state index contributed by atoms with van der Waals surface area (Å²) >= 11 is 2.06. The van der Waals surface area contributed by atoms with Crippen LogP contribution in [0.25, 0.3) is 34.4 Å². The average molecular weight is 629 g/mol. The highest BCUT2D eigenvalue weighted by Crippen LogP contribution is 2.57. The molecule has 0 saturated carbocycles. The first-order valence-electron chi connectivity index (χ1n) is 16.9. The first kappa shape index (κ1) is 32.0. The minimum Gasteiger partial charge on any atom is -0.144 e. The van der Waals surface area contributed by atoms with Crippen LogP contribution in [0.2, 0.25) is 13.1 Å². The molecule has 0 bridgehead atoms. The number of allylic oxidation sites excluding steroid dienone is 2. The maximum atomic E-state index is 2.68. The van der Waals surface area contributed by atoms with Gasteiger partial charge < -0.3 is 0 Å². The number of benzene rings is 3. The summed E-state index contributed by atoms with van der Waals surface area (Å²) in [6.07, 6.45) is 5.14. The number of fused-ring (bicyclic) bond motifs is 2. The molecule has 1 aromatic heterocycles. The molecular formula is C43H52SSi. The van der Waals surface area contributed by atoms with E-state index in [1.807, 2.05) is 0 Å². The Hall–Kier alpha value is -2.94. The Morgan fingerprint density at radius 2 is 1.22 bits per heavy atom. The number of hydrogen-bond acceptors (Lipinski definition) is 1. The lowest BCUT2D eigenvalue weighted by molar-refractivity contribution is 0.590. The van der Waals surface area contributed by atoms with Gasteiger partial charge in [0.15, 0.2) is 0 Å². The zero-order valence-corrected chi connectivity index (χ0v) is 31.5. The van der Waals surface area contributed by atoms with Crippen molar-refractivity contribution >= 4 is 31.6 Å². The second-order valence-electron chi connectivity index (χ2n) is 16.6. The van der Waals surface area contributed by atoms with Crippen LogP contribution in [0.5, 0.6) is 0 Å². The highest BCUT2D eigenvalue weighted by atomic mass is 32.1. The molecule has 2 aliphatic rings. The van der Waals surface area contributed by atoms with Gasteiger partial charge in [-0.3, -0.25) is 0 Å². The summed E-state index contributed by atoms with van der Waals surface area (Å²) in [4.78, 5) is 3.07. The second-order valence-corrected chi connectivity index (χ2v) is 22.7. The highest BCUT2D eigenvalue weighted by molar-refractivity contribution is 7.13. The summed E-state index contributed by atoms with van der Waals surface area (Å²) < 4.78 is 0. The standard InChI is InChI=1S/C43H52SSi/c1-26(2)35-25-36-33(29-16-20-31(21-17-29)42(5,6)7)14-13-15-34(36)41(35)45(11,12)40-27(3)24-37-38(28(4)44-39(37)40)30-18-22-32(23-19-30)43(8,9)10/h13-26,40-41H,1-12H3. The number of rotatable bonds is 5. The van der Waals surface area contributed by atoms with Crippen LogP contribution in [0.4, 0.5) is 0 Å². The van der Waals surface area contributed by atoms with Crippen LogP contribution in [0.15, 0.2) is 77.9 Å². The Kier molecular flexibility index (Phi) is 7.89. The van der Waals surface area contributed by atoms with Gasteiger partial charge in [-0.25, -0.2) is 0 Å². The topological polar surface area (TPSA) is 0 Å². The van der Waals surface area contributed by atoms with Gasteiger partial charge in [0.05, 0.1) is 8.07 Å². The Balaban J connectivity index is 1.42. The van der Waals surface area contributed by atoms with E-state index in [2.05, 4.69) is 173 Å². The second kappa shape index (κ2) is 11.1. The number of hydrogen-bond donors (Lipinski definition) is 0. The maximum absolute atomic E-state index is 2.68. The van der Waals surface area contributed by atoms with Gasteiger partial charge in [0, 0.05) is 26.4 Å². The molecule has 0 spiro atoms. The Labute approximate surface area is 278 Å². The van der Waals surface area contributed by atoms with E-state index in [-0.39, 0.29) is 10.8 Å². The van der Waals surface area contributed by atoms with Crippen molar-refractivity contribution in [2.24, 2.45) is 5.92 Å². The molecule has 234 valence electrons. The van der Waals surface area contributed by atoms with Gasteiger partial charge in [0.25, 0.3) is 0 Å². The molecule has 0 fully saturated rings. The van der Waals surface area contributed by atoms with Crippen LogP contribution in [-0.2, 0) is 10.8 Å². The van der Waals surface area contributed by atoms with Crippen LogP contribution in [0.1, 0.15) is 111 Å². The maximum Gasteiger partial charge on any atom is 0.0732 e. The van der Waals surface area contributed by atoms with E-state index < -0.39 is 8.07 Å². The predicted octanol–water partition coefficient (Wildman–Crippen LogP) is 13.1. The summed E-state index contributed by atoms with van der Waals surface area (Å²) in [5.74, 6) is 0.511. The van der Waals surface area contributed by atoms with Gasteiger partial charge in [0.2, 0.25) is 0 Å². The molecule has 6 rings (SSSR count). The normalized spacial score (nSPS) is 18.2. The zero-order valence-electron chi connectivity index (χ0n) is 29.6. The molecular weight excluding hydrogens is 577 g/mol. The summed E-state index contributed by atoms with van der Waals surface area (Å²) in [5, 5.41) is 0. The molecule has 2 unspecified atom stereocenters. The molecule has 0 amide bonds. The molecule has 4 aromatic rings. The lowest BCUT2D eigenvalue weighted by Crippen LogP contribution is -2.43. The Bertz CT molecular complexity index is 1810. The lowest BCUT2D eigenvalue weighted by Gasteiger charge is -2.40. The minimum atomic E-state index is -1.96. The van der Waals surface area contributed by atoms with Gasteiger partial charge in [-0.15, -0.1) is 11.3 Å². The predicted molar refractivity (Wildman–Crippen MR) is 203 cm³/mol. The molecule has 1 heterocycles. The summed E-state index contributed by atoms with van der Waals surface area (Å²) in [5.41, 5.74) is 17.3. The van der Waals surface area contributed by atoms with E-state index >= 15 is 0 Å². The highest BCUT2D eigenvalue weighted by Gasteiger charge is 2.49. The Morgan fingerprint density at radius 1 is 0.667 bits per heavy atom. The number of aryl methyl sites for hydroxylation is 1. The smallest absolute Gasteiger partial charge is 0.0732 e. The van der Waals surface area contributed by atoms with E-state index in [0.717, 1.165) is 0 Å². The van der Waals surface area contributed by atoms with E-state index in [4.69, 9.17) is 0 Å². The molecule has 0 N–H and O–H groups in total. The molecule has 2 heteroatoms. The van der Waals surface area contributed by atoms with Gasteiger partial charge in [-0.1, -0.05) is 159 Å². The van der Waals surface area contributed by atoms with Gasteiger partial charge in [-0.2, -0.15) is 0 Å². The summed E-state index contributed by atoms with van der Waals surface area (Å²) in [6.45, 7) is 28.7. The van der Waals surface area contributed by atoms with E-state index in [1.165, 1.54) is 49.4 Å². The summed E-state index contributed by atoms with van der Waals surface area (Å²) in [6, 6.07) is 25.8. The van der Waals surface area contributed by atoms with E-state index in [1.54, 1.807) is 21.6 Å². The van der Waals surface area contributed by atoms with Crippen molar-refractivity contribution in [3.63, 3.8) is 0 Å². The SMILES string of the molecule is CC1=Cc2c(sc(C)c2-c2ccc(C(C)(C)C)cc2)C1[Si](C)(C)C1C(C(C)C)=Cc2c(-c3ccc(C(C)(C)C)cc3)cccc21. The molecule has 2 aliphatic carbocycles. The third-order valence-corrected chi connectivity index (χ3v) is 16.4. The molecule has 2 atom stereocenters. The van der Waals surface area contributed by atoms with Crippen molar-refractivity contribution in [1.82, 2.24) is 0 Å². The third-order valence-electron chi connectivity index (χ3n) is 10.6. The average Bonchev–Trinajstić information content (AvgIpc) is 3.60. The van der Waals surface area contributed by atoms with Gasteiger partial charge >= 0.3 is 0 Å². The molecule has 0 radical (unpaired) electrons. The molecule has 0 saturated heterocycles. The van der Waals surface area contributed by atoms with Crippen LogP contribution >= 0.6 is 11.3 Å². The quantitative estimate of drug-likeness (QED) is 0.193. The number of thiophene rings is 1. The van der Waals surface area contributed by atoms with Crippen molar-refractivity contribution in [1.29, 1.82) is 0 Å². The first-order chi connectivity index (χ1) is 21.0. The first-order valence-corrected chi connectivity index (χ1v) is 20.8. The van der Waals surface area contributed by atoms with Crippen molar-refractivity contribution in [3.05, 3.63) is 115 Å². The van der Waals surface area contributed by atoms with Crippen LogP contribution in [0.3, 0.4) is 0 Å². The van der Waals surface area contributed by atoms with E-state index in [9.17, 15) is 0 Å². The van der Waals surface area contributed by atoms with Crippen molar-refractivity contribution in [3.8, 4) is 22.3 Å². The van der Waals surface area contributed by atoms with Crippen molar-refractivity contribution in [2.45, 2.75) is 104 Å². The van der Waals surface area contributed by atoms with Crippen LogP contribution < -0.4 is 0 Å². The monoisotopic (exact) mass is 628 g/mol. The summed E-state index contributed by atoms with van der Waals surface area (Å²) in [7, 11) is -1.96. The molecule has 3 aromatic carbocycles. The molecule has 45 heavy (non-hydrogen) atoms. The van der Waals surface area contributed by atoms with Crippen LogP contribution in [0, 0.1) is 12.8 Å². The van der Waals surface area contributed by atoms with Gasteiger partial charge in [-0.05, 0) is 75.1 Å².